The number of ether oxygens (including phenoxy) is 1. The van der Waals surface area contributed by atoms with E-state index in [9.17, 15) is 8.42 Å². The first-order valence-corrected chi connectivity index (χ1v) is 10.8. The third-order valence-electron chi connectivity index (χ3n) is 4.64. The Morgan fingerprint density at radius 1 is 1.35 bits per heavy atom. The molecule has 1 saturated heterocycles. The van der Waals surface area contributed by atoms with Crippen molar-refractivity contribution >= 4 is 39.8 Å². The van der Waals surface area contributed by atoms with Crippen LogP contribution in [0.5, 0.6) is 5.75 Å². The van der Waals surface area contributed by atoms with E-state index in [0.29, 0.717) is 12.3 Å². The molecule has 0 aliphatic carbocycles. The second-order valence-electron chi connectivity index (χ2n) is 6.71. The van der Waals surface area contributed by atoms with Gasteiger partial charge >= 0.3 is 0 Å². The molecule has 0 radical (unpaired) electrons. The van der Waals surface area contributed by atoms with Gasteiger partial charge in [-0.15, -0.1) is 24.0 Å². The Labute approximate surface area is 173 Å². The Bertz CT molecular complexity index is 737. The molecule has 0 bridgehead atoms. The largest absolute Gasteiger partial charge is 0.493 e. The van der Waals surface area contributed by atoms with Crippen molar-refractivity contribution in [3.05, 3.63) is 29.3 Å². The van der Waals surface area contributed by atoms with Crippen LogP contribution in [-0.4, -0.2) is 52.1 Å². The lowest BCUT2D eigenvalue weighted by Gasteiger charge is -2.13. The Morgan fingerprint density at radius 2 is 2.19 bits per heavy atom. The van der Waals surface area contributed by atoms with Gasteiger partial charge in [0.15, 0.2) is 15.8 Å². The standard InChI is InChI=1S/C18H27N3O3S.HI/c1-2-19-18(21-12-15-7-10-25(22,23)13-15)20-8-5-14-3-4-17-16(11-14)6-9-24-17;/h3-4,11,15H,2,5-10,12-13H2,1H3,(H2,19,20,21);1H. The first-order chi connectivity index (χ1) is 12.1. The molecule has 1 aromatic carbocycles. The molecule has 1 atom stereocenters. The van der Waals surface area contributed by atoms with Gasteiger partial charge in [0, 0.05) is 26.1 Å². The maximum atomic E-state index is 11.5. The van der Waals surface area contributed by atoms with Gasteiger partial charge in [0.1, 0.15) is 5.75 Å². The molecule has 0 saturated carbocycles. The molecule has 8 heteroatoms. The van der Waals surface area contributed by atoms with Crippen molar-refractivity contribution in [3.8, 4) is 5.75 Å². The number of nitrogens with zero attached hydrogens (tertiary/aromatic N) is 1. The predicted molar refractivity (Wildman–Crippen MR) is 116 cm³/mol. The third-order valence-corrected chi connectivity index (χ3v) is 6.48. The molecule has 26 heavy (non-hydrogen) atoms. The van der Waals surface area contributed by atoms with Crippen molar-refractivity contribution in [2.45, 2.75) is 26.2 Å². The van der Waals surface area contributed by atoms with Crippen molar-refractivity contribution < 1.29 is 13.2 Å². The summed E-state index contributed by atoms with van der Waals surface area (Å²) in [4.78, 5) is 4.56. The molecule has 2 aliphatic rings. The number of nitrogens with one attached hydrogen (secondary N) is 2. The van der Waals surface area contributed by atoms with Crippen LogP contribution < -0.4 is 15.4 Å². The summed E-state index contributed by atoms with van der Waals surface area (Å²) in [6.45, 7) is 4.94. The summed E-state index contributed by atoms with van der Waals surface area (Å²) in [7, 11) is -2.83. The highest BCUT2D eigenvalue weighted by atomic mass is 127. The van der Waals surface area contributed by atoms with Crippen LogP contribution in [-0.2, 0) is 22.7 Å². The third kappa shape index (κ3) is 6.00. The van der Waals surface area contributed by atoms with E-state index in [1.807, 2.05) is 6.92 Å². The molecule has 0 aromatic heterocycles. The summed E-state index contributed by atoms with van der Waals surface area (Å²) >= 11 is 0. The summed E-state index contributed by atoms with van der Waals surface area (Å²) < 4.78 is 28.6. The van der Waals surface area contributed by atoms with Crippen molar-refractivity contribution in [2.24, 2.45) is 10.9 Å². The second-order valence-corrected chi connectivity index (χ2v) is 8.93. The number of hydrogen-bond acceptors (Lipinski definition) is 4. The number of fused-ring (bicyclic) bond motifs is 1. The molecule has 6 nitrogen and oxygen atoms in total. The average Bonchev–Trinajstić information content (AvgIpc) is 3.18. The van der Waals surface area contributed by atoms with Gasteiger partial charge in [-0.1, -0.05) is 12.1 Å². The molecule has 2 N–H and O–H groups in total. The normalized spacial score (nSPS) is 20.8. The van der Waals surface area contributed by atoms with Gasteiger partial charge in [-0.25, -0.2) is 8.42 Å². The molecule has 3 rings (SSSR count). The first kappa shape index (κ1) is 21.3. The van der Waals surface area contributed by atoms with E-state index in [1.54, 1.807) is 0 Å². The van der Waals surface area contributed by atoms with Crippen LogP contribution in [0, 0.1) is 5.92 Å². The van der Waals surface area contributed by atoms with Crippen molar-refractivity contribution in [3.63, 3.8) is 0 Å². The maximum absolute atomic E-state index is 11.5. The van der Waals surface area contributed by atoms with Gasteiger partial charge in [-0.3, -0.25) is 4.99 Å². The molecule has 1 aromatic rings. The predicted octanol–water partition coefficient (Wildman–Crippen LogP) is 1.77. The summed E-state index contributed by atoms with van der Waals surface area (Å²) in [5.41, 5.74) is 2.58. The number of guanidine groups is 1. The maximum Gasteiger partial charge on any atom is 0.191 e. The highest BCUT2D eigenvalue weighted by Gasteiger charge is 2.27. The van der Waals surface area contributed by atoms with Crippen molar-refractivity contribution in [1.29, 1.82) is 0 Å². The number of rotatable bonds is 6. The minimum absolute atomic E-state index is 0. The smallest absolute Gasteiger partial charge is 0.191 e. The van der Waals surface area contributed by atoms with Crippen molar-refractivity contribution in [1.82, 2.24) is 10.6 Å². The van der Waals surface area contributed by atoms with Crippen LogP contribution in [0.2, 0.25) is 0 Å². The van der Waals surface area contributed by atoms with Gasteiger partial charge in [-0.2, -0.15) is 0 Å². The Hall–Kier alpha value is -1.03. The number of hydrogen-bond donors (Lipinski definition) is 2. The van der Waals surface area contributed by atoms with Crippen LogP contribution in [0.15, 0.2) is 23.2 Å². The van der Waals surface area contributed by atoms with Crippen LogP contribution >= 0.6 is 24.0 Å². The first-order valence-electron chi connectivity index (χ1n) is 9.03. The van der Waals surface area contributed by atoms with E-state index >= 15 is 0 Å². The molecular weight excluding hydrogens is 465 g/mol. The van der Waals surface area contributed by atoms with Crippen LogP contribution in [0.3, 0.4) is 0 Å². The Morgan fingerprint density at radius 3 is 2.92 bits per heavy atom. The topological polar surface area (TPSA) is 79.8 Å². The Kier molecular flexibility index (Phi) is 8.00. The summed E-state index contributed by atoms with van der Waals surface area (Å²) in [5, 5.41) is 6.56. The molecule has 1 unspecified atom stereocenters. The van der Waals surface area contributed by atoms with E-state index < -0.39 is 9.84 Å². The molecule has 1 fully saturated rings. The van der Waals surface area contributed by atoms with E-state index in [1.165, 1.54) is 11.1 Å². The fraction of sp³-hybridized carbons (Fsp3) is 0.611. The highest BCUT2D eigenvalue weighted by Crippen LogP contribution is 2.25. The van der Waals surface area contributed by atoms with Gasteiger partial charge in [-0.05, 0) is 42.9 Å². The number of benzene rings is 1. The van der Waals surface area contributed by atoms with Gasteiger partial charge in [0.05, 0.1) is 18.1 Å². The summed E-state index contributed by atoms with van der Waals surface area (Å²) in [6.07, 6.45) is 2.63. The van der Waals surface area contributed by atoms with Gasteiger partial charge in [0.25, 0.3) is 0 Å². The molecule has 0 amide bonds. The SMILES string of the molecule is CCNC(=NCC1CCS(=O)(=O)C1)NCCc1ccc2c(c1)CCO2.I. The van der Waals surface area contributed by atoms with E-state index in [4.69, 9.17) is 4.74 Å². The molecule has 2 aliphatic heterocycles. The zero-order chi connectivity index (χ0) is 17.7. The van der Waals surface area contributed by atoms with E-state index in [0.717, 1.165) is 50.7 Å². The molecule has 2 heterocycles. The van der Waals surface area contributed by atoms with Crippen LogP contribution in [0.25, 0.3) is 0 Å². The fourth-order valence-electron chi connectivity index (χ4n) is 3.30. The average molecular weight is 493 g/mol. The number of halogens is 1. The summed E-state index contributed by atoms with van der Waals surface area (Å²) in [6, 6.07) is 6.38. The Balaban J connectivity index is 0.00000243. The van der Waals surface area contributed by atoms with Crippen LogP contribution in [0.1, 0.15) is 24.5 Å². The molecule has 146 valence electrons. The molecule has 0 spiro atoms. The lowest BCUT2D eigenvalue weighted by Crippen LogP contribution is -2.38. The lowest BCUT2D eigenvalue weighted by atomic mass is 10.1. The fourth-order valence-corrected chi connectivity index (χ4v) is 5.15. The monoisotopic (exact) mass is 493 g/mol. The lowest BCUT2D eigenvalue weighted by molar-refractivity contribution is 0.357. The minimum atomic E-state index is -2.83. The second kappa shape index (κ2) is 9.77. The highest BCUT2D eigenvalue weighted by molar-refractivity contribution is 14.0. The van der Waals surface area contributed by atoms with Gasteiger partial charge < -0.3 is 15.4 Å². The number of aliphatic imine (C=N–C) groups is 1. The van der Waals surface area contributed by atoms with Crippen molar-refractivity contribution in [2.75, 3.05) is 37.7 Å². The zero-order valence-corrected chi connectivity index (χ0v) is 18.3. The van der Waals surface area contributed by atoms with Crippen LogP contribution in [0.4, 0.5) is 0 Å². The zero-order valence-electron chi connectivity index (χ0n) is 15.2. The van der Waals surface area contributed by atoms with E-state index in [-0.39, 0.29) is 35.6 Å². The molecular formula is C18H28IN3O3S. The minimum Gasteiger partial charge on any atom is -0.493 e. The van der Waals surface area contributed by atoms with E-state index in [2.05, 4.69) is 33.8 Å². The van der Waals surface area contributed by atoms with Gasteiger partial charge in [0.2, 0.25) is 0 Å². The quantitative estimate of drug-likeness (QED) is 0.359. The summed E-state index contributed by atoms with van der Waals surface area (Å²) in [5.74, 6) is 2.50. The number of sulfone groups is 1.